The zero-order valence-corrected chi connectivity index (χ0v) is 15.7. The van der Waals surface area contributed by atoms with Crippen molar-refractivity contribution in [3.63, 3.8) is 0 Å². The molecule has 0 spiro atoms. The zero-order valence-electron chi connectivity index (χ0n) is 14.8. The van der Waals surface area contributed by atoms with Crippen LogP contribution in [0.25, 0.3) is 5.69 Å². The number of anilines is 1. The maximum Gasteiger partial charge on any atom is 0.416 e. The van der Waals surface area contributed by atoms with Gasteiger partial charge in [0.2, 0.25) is 5.91 Å². The van der Waals surface area contributed by atoms with E-state index in [1.54, 1.807) is 13.0 Å². The van der Waals surface area contributed by atoms with E-state index in [0.29, 0.717) is 23.9 Å². The Balaban J connectivity index is 0.00000261. The van der Waals surface area contributed by atoms with Crippen molar-refractivity contribution in [1.82, 2.24) is 15.1 Å². The van der Waals surface area contributed by atoms with Crippen LogP contribution in [0.3, 0.4) is 0 Å². The fourth-order valence-corrected chi connectivity index (χ4v) is 3.10. The summed E-state index contributed by atoms with van der Waals surface area (Å²) in [5.41, 5.74) is 0.107. The van der Waals surface area contributed by atoms with E-state index in [1.165, 1.54) is 16.8 Å². The van der Waals surface area contributed by atoms with E-state index in [0.717, 1.165) is 38.1 Å². The summed E-state index contributed by atoms with van der Waals surface area (Å²) in [5, 5.41) is 10.3. The van der Waals surface area contributed by atoms with Crippen LogP contribution in [0.15, 0.2) is 30.3 Å². The average molecular weight is 403 g/mol. The van der Waals surface area contributed by atoms with E-state index >= 15 is 0 Å². The maximum atomic E-state index is 12.9. The van der Waals surface area contributed by atoms with E-state index in [4.69, 9.17) is 0 Å². The SMILES string of the molecule is Cc1cc(NC(=O)CCC2CCNC2)n(-c2cccc(C(F)(F)F)c2)n1.Cl. The summed E-state index contributed by atoms with van der Waals surface area (Å²) in [6.07, 6.45) is -2.21. The van der Waals surface area contributed by atoms with Crippen LogP contribution >= 0.6 is 12.4 Å². The summed E-state index contributed by atoms with van der Waals surface area (Å²) in [7, 11) is 0. The highest BCUT2D eigenvalue weighted by Crippen LogP contribution is 2.31. The fourth-order valence-electron chi connectivity index (χ4n) is 3.10. The standard InChI is InChI=1S/C18H21F3N4O.ClH/c1-12-9-16(23-17(26)6-5-13-7-8-22-11-13)25(24-12)15-4-2-3-14(10-15)18(19,20)21;/h2-4,9-10,13,22H,5-8,11H2,1H3,(H,23,26);1H. The van der Waals surface area contributed by atoms with Gasteiger partial charge in [0.05, 0.1) is 16.9 Å². The van der Waals surface area contributed by atoms with Crippen LogP contribution in [0.4, 0.5) is 19.0 Å². The molecule has 0 aliphatic carbocycles. The van der Waals surface area contributed by atoms with Gasteiger partial charge < -0.3 is 10.6 Å². The predicted molar refractivity (Wildman–Crippen MR) is 99.4 cm³/mol. The Bertz CT molecular complexity index is 785. The van der Waals surface area contributed by atoms with E-state index < -0.39 is 11.7 Å². The third kappa shape index (κ3) is 5.46. The lowest BCUT2D eigenvalue weighted by Crippen LogP contribution is -2.17. The summed E-state index contributed by atoms with van der Waals surface area (Å²) in [6.45, 7) is 3.63. The van der Waals surface area contributed by atoms with Gasteiger partial charge in [-0.3, -0.25) is 4.79 Å². The average Bonchev–Trinajstić information content (AvgIpc) is 3.22. The molecule has 1 atom stereocenters. The number of hydrogen-bond acceptors (Lipinski definition) is 3. The molecule has 2 heterocycles. The topological polar surface area (TPSA) is 59.0 Å². The number of benzene rings is 1. The van der Waals surface area contributed by atoms with Gasteiger partial charge >= 0.3 is 6.18 Å². The molecule has 2 aromatic rings. The second-order valence-corrected chi connectivity index (χ2v) is 6.58. The highest BCUT2D eigenvalue weighted by molar-refractivity contribution is 5.90. The van der Waals surface area contributed by atoms with Gasteiger partial charge in [-0.25, -0.2) is 4.68 Å². The van der Waals surface area contributed by atoms with Crippen LogP contribution in [0.2, 0.25) is 0 Å². The molecule has 1 aromatic carbocycles. The highest BCUT2D eigenvalue weighted by Gasteiger charge is 2.30. The van der Waals surface area contributed by atoms with Crippen molar-refractivity contribution in [2.45, 2.75) is 32.4 Å². The number of alkyl halides is 3. The Labute approximate surface area is 161 Å². The minimum absolute atomic E-state index is 0. The predicted octanol–water partition coefficient (Wildman–Crippen LogP) is 3.95. The molecule has 0 saturated carbocycles. The van der Waals surface area contributed by atoms with E-state index in [2.05, 4.69) is 15.7 Å². The normalized spacial score (nSPS) is 16.8. The first kappa shape index (κ1) is 21.2. The number of nitrogens with one attached hydrogen (secondary N) is 2. The highest BCUT2D eigenvalue weighted by atomic mass is 35.5. The number of hydrogen-bond donors (Lipinski definition) is 2. The number of carbonyl (C=O) groups is 1. The van der Waals surface area contributed by atoms with E-state index in [-0.39, 0.29) is 24.0 Å². The number of amides is 1. The van der Waals surface area contributed by atoms with Gasteiger partial charge in [-0.2, -0.15) is 18.3 Å². The Morgan fingerprint density at radius 3 is 2.81 bits per heavy atom. The molecule has 1 fully saturated rings. The number of aromatic nitrogens is 2. The Morgan fingerprint density at radius 2 is 2.15 bits per heavy atom. The number of nitrogens with zero attached hydrogens (tertiary/aromatic N) is 2. The molecule has 1 saturated heterocycles. The lowest BCUT2D eigenvalue weighted by Gasteiger charge is -2.12. The van der Waals surface area contributed by atoms with Gasteiger partial charge in [-0.15, -0.1) is 12.4 Å². The molecule has 1 aromatic heterocycles. The number of halogens is 4. The molecule has 2 N–H and O–H groups in total. The zero-order chi connectivity index (χ0) is 18.7. The fraction of sp³-hybridized carbons (Fsp3) is 0.444. The van der Waals surface area contributed by atoms with Crippen LogP contribution in [0.1, 0.15) is 30.5 Å². The summed E-state index contributed by atoms with van der Waals surface area (Å²) in [6, 6.07) is 6.53. The molecule has 148 valence electrons. The summed E-state index contributed by atoms with van der Waals surface area (Å²) in [4.78, 5) is 12.2. The molecule has 1 aliphatic heterocycles. The van der Waals surface area contributed by atoms with Crippen LogP contribution in [0, 0.1) is 12.8 Å². The molecule has 1 amide bonds. The van der Waals surface area contributed by atoms with Crippen molar-refractivity contribution in [1.29, 1.82) is 0 Å². The number of aryl methyl sites for hydroxylation is 1. The molecule has 5 nitrogen and oxygen atoms in total. The smallest absolute Gasteiger partial charge is 0.316 e. The second kappa shape index (κ2) is 8.75. The molecule has 27 heavy (non-hydrogen) atoms. The minimum Gasteiger partial charge on any atom is -0.316 e. The van der Waals surface area contributed by atoms with Crippen LogP contribution in [-0.4, -0.2) is 28.8 Å². The monoisotopic (exact) mass is 402 g/mol. The maximum absolute atomic E-state index is 12.9. The molecule has 1 unspecified atom stereocenters. The summed E-state index contributed by atoms with van der Waals surface area (Å²) in [5.74, 6) is 0.706. The lowest BCUT2D eigenvalue weighted by atomic mass is 10.0. The molecule has 1 aliphatic rings. The second-order valence-electron chi connectivity index (χ2n) is 6.58. The largest absolute Gasteiger partial charge is 0.416 e. The Kier molecular flexibility index (Phi) is 6.89. The first-order valence-electron chi connectivity index (χ1n) is 8.58. The van der Waals surface area contributed by atoms with Gasteiger partial charge in [0.15, 0.2) is 0 Å². The van der Waals surface area contributed by atoms with Crippen molar-refractivity contribution in [2.24, 2.45) is 5.92 Å². The first-order valence-corrected chi connectivity index (χ1v) is 8.58. The molecule has 3 rings (SSSR count). The molecular weight excluding hydrogens is 381 g/mol. The van der Waals surface area contributed by atoms with Crippen LogP contribution in [-0.2, 0) is 11.0 Å². The van der Waals surface area contributed by atoms with Gasteiger partial charge in [0.1, 0.15) is 5.82 Å². The van der Waals surface area contributed by atoms with Crippen LogP contribution < -0.4 is 10.6 Å². The summed E-state index contributed by atoms with van der Waals surface area (Å²) >= 11 is 0. The van der Waals surface area contributed by atoms with E-state index in [1.807, 2.05) is 0 Å². The van der Waals surface area contributed by atoms with Gasteiger partial charge in [0, 0.05) is 12.5 Å². The molecule has 0 radical (unpaired) electrons. The molecule has 0 bridgehead atoms. The quantitative estimate of drug-likeness (QED) is 0.796. The third-order valence-electron chi connectivity index (χ3n) is 4.46. The van der Waals surface area contributed by atoms with Gasteiger partial charge in [0.25, 0.3) is 0 Å². The lowest BCUT2D eigenvalue weighted by molar-refractivity contribution is -0.137. The van der Waals surface area contributed by atoms with Crippen molar-refractivity contribution >= 4 is 24.1 Å². The first-order chi connectivity index (χ1) is 12.3. The van der Waals surface area contributed by atoms with Crippen molar-refractivity contribution in [3.05, 3.63) is 41.6 Å². The van der Waals surface area contributed by atoms with Gasteiger partial charge in [-0.1, -0.05) is 6.07 Å². The van der Waals surface area contributed by atoms with Crippen molar-refractivity contribution in [3.8, 4) is 5.69 Å². The number of carbonyl (C=O) groups excluding carboxylic acids is 1. The van der Waals surface area contributed by atoms with Crippen molar-refractivity contribution < 1.29 is 18.0 Å². The molecule has 9 heteroatoms. The van der Waals surface area contributed by atoms with Gasteiger partial charge in [-0.05, 0) is 57.0 Å². The van der Waals surface area contributed by atoms with E-state index in [9.17, 15) is 18.0 Å². The molecular formula is C18H22ClF3N4O. The Morgan fingerprint density at radius 1 is 1.37 bits per heavy atom. The number of rotatable bonds is 5. The minimum atomic E-state index is -4.43. The van der Waals surface area contributed by atoms with Crippen molar-refractivity contribution in [2.75, 3.05) is 18.4 Å². The Hall–Kier alpha value is -2.06. The third-order valence-corrected chi connectivity index (χ3v) is 4.46. The van der Waals surface area contributed by atoms with Crippen LogP contribution in [0.5, 0.6) is 0 Å². The summed E-state index contributed by atoms with van der Waals surface area (Å²) < 4.78 is 40.2.